The molecule has 0 saturated carbocycles. The van der Waals surface area contributed by atoms with Crippen molar-refractivity contribution in [2.75, 3.05) is 26.2 Å². The number of halogens is 3. The second-order valence-electron chi connectivity index (χ2n) is 10.0. The quantitative estimate of drug-likeness (QED) is 0.369. The summed E-state index contributed by atoms with van der Waals surface area (Å²) in [7, 11) is 0. The number of alkyl halides is 3. The number of rotatable bonds is 5. The van der Waals surface area contributed by atoms with Gasteiger partial charge in [-0.1, -0.05) is 30.3 Å². The summed E-state index contributed by atoms with van der Waals surface area (Å²) in [6.45, 7) is 2.18. The number of aromatic nitrogens is 2. The molecule has 3 aromatic carbocycles. The van der Waals surface area contributed by atoms with Crippen molar-refractivity contribution in [3.63, 3.8) is 0 Å². The largest absolute Gasteiger partial charge is 0.457 e. The summed E-state index contributed by atoms with van der Waals surface area (Å²) in [4.78, 5) is 29.3. The maximum Gasteiger partial charge on any atom is 0.416 e. The highest BCUT2D eigenvalue weighted by Crippen LogP contribution is 2.41. The predicted octanol–water partition coefficient (Wildman–Crippen LogP) is 5.49. The van der Waals surface area contributed by atoms with Gasteiger partial charge in [-0.3, -0.25) is 14.7 Å². The maximum absolute atomic E-state index is 12.9. The van der Waals surface area contributed by atoms with Crippen LogP contribution in [0.5, 0.6) is 11.5 Å². The van der Waals surface area contributed by atoms with Gasteiger partial charge in [-0.2, -0.15) is 18.3 Å². The third kappa shape index (κ3) is 4.85. The molecule has 0 radical (unpaired) electrons. The van der Waals surface area contributed by atoms with Gasteiger partial charge in [0.2, 0.25) is 0 Å². The van der Waals surface area contributed by atoms with Gasteiger partial charge in [0.1, 0.15) is 17.2 Å². The molecule has 39 heavy (non-hydrogen) atoms. The van der Waals surface area contributed by atoms with Crippen LogP contribution in [0.2, 0.25) is 0 Å². The summed E-state index contributed by atoms with van der Waals surface area (Å²) in [6.07, 6.45) is -4.41. The van der Waals surface area contributed by atoms with Gasteiger partial charge in [0.05, 0.1) is 11.3 Å². The molecule has 2 aliphatic heterocycles. The lowest BCUT2D eigenvalue weighted by molar-refractivity contribution is -0.137. The van der Waals surface area contributed by atoms with Gasteiger partial charge in [0.15, 0.2) is 0 Å². The minimum Gasteiger partial charge on any atom is -0.457 e. The van der Waals surface area contributed by atoms with Gasteiger partial charge >= 0.3 is 6.18 Å². The SMILES string of the molecule is O=C(c1ccc(Oc2ccccc2)cc1)N1CC2(C1)CN(C(=O)c1cc(-c3ccc(C(F)(F)F)cc3)n[nH]1)C2. The van der Waals surface area contributed by atoms with Crippen molar-refractivity contribution in [1.29, 1.82) is 0 Å². The number of carbonyl (C=O) groups is 2. The number of aromatic amines is 1. The van der Waals surface area contributed by atoms with Crippen LogP contribution < -0.4 is 4.74 Å². The monoisotopic (exact) mass is 532 g/mol. The molecule has 6 rings (SSSR count). The summed E-state index contributed by atoms with van der Waals surface area (Å²) in [5.41, 5.74) is 0.855. The minimum atomic E-state index is -4.41. The minimum absolute atomic E-state index is 0.0635. The molecule has 0 atom stereocenters. The fraction of sp³-hybridized carbons (Fsp3) is 0.207. The third-order valence-electron chi connectivity index (χ3n) is 7.08. The smallest absolute Gasteiger partial charge is 0.416 e. The molecule has 7 nitrogen and oxygen atoms in total. The first-order valence-corrected chi connectivity index (χ1v) is 12.3. The molecule has 2 fully saturated rings. The van der Waals surface area contributed by atoms with E-state index in [1.54, 1.807) is 34.1 Å². The van der Waals surface area contributed by atoms with E-state index in [0.717, 1.165) is 17.9 Å². The predicted molar refractivity (Wildman–Crippen MR) is 136 cm³/mol. The first kappa shape index (κ1) is 24.7. The number of carbonyl (C=O) groups excluding carboxylic acids is 2. The Kier molecular flexibility index (Phi) is 5.90. The number of amides is 2. The van der Waals surface area contributed by atoms with Gasteiger partial charge in [-0.05, 0) is 54.6 Å². The van der Waals surface area contributed by atoms with E-state index in [4.69, 9.17) is 4.74 Å². The Morgan fingerprint density at radius 3 is 2.00 bits per heavy atom. The average Bonchev–Trinajstić information content (AvgIpc) is 3.38. The van der Waals surface area contributed by atoms with E-state index in [1.165, 1.54) is 18.2 Å². The molecule has 198 valence electrons. The number of nitrogens with one attached hydrogen (secondary N) is 1. The van der Waals surface area contributed by atoms with Crippen LogP contribution in [0.3, 0.4) is 0 Å². The standard InChI is InChI=1S/C29H23F3N4O3/c30-29(31,32)21-10-6-19(7-11-21)24-14-25(34-33-24)27(38)36-17-28(18-36)15-35(16-28)26(37)20-8-12-23(13-9-20)39-22-4-2-1-3-5-22/h1-14H,15-18H2,(H,33,34). The van der Waals surface area contributed by atoms with Crippen molar-refractivity contribution in [3.8, 4) is 22.8 Å². The molecule has 0 aliphatic carbocycles. The van der Waals surface area contributed by atoms with Crippen LogP contribution in [0.25, 0.3) is 11.3 Å². The van der Waals surface area contributed by atoms with Crippen LogP contribution in [0.4, 0.5) is 13.2 Å². The number of H-pyrrole nitrogens is 1. The maximum atomic E-state index is 12.9. The second kappa shape index (κ2) is 9.30. The van der Waals surface area contributed by atoms with E-state index < -0.39 is 11.7 Å². The van der Waals surface area contributed by atoms with Crippen LogP contribution in [-0.4, -0.2) is 58.0 Å². The Balaban J connectivity index is 1.01. The van der Waals surface area contributed by atoms with Gasteiger partial charge in [-0.15, -0.1) is 0 Å². The van der Waals surface area contributed by atoms with E-state index in [1.807, 2.05) is 30.3 Å². The average molecular weight is 533 g/mol. The Morgan fingerprint density at radius 1 is 0.795 bits per heavy atom. The molecule has 10 heteroatoms. The molecule has 0 bridgehead atoms. The van der Waals surface area contributed by atoms with Crippen molar-refractivity contribution >= 4 is 11.8 Å². The van der Waals surface area contributed by atoms with Crippen molar-refractivity contribution in [2.45, 2.75) is 6.18 Å². The summed E-state index contributed by atoms with van der Waals surface area (Å²) < 4.78 is 44.2. The first-order valence-electron chi connectivity index (χ1n) is 12.3. The Labute approximate surface area is 221 Å². The van der Waals surface area contributed by atoms with Gasteiger partial charge < -0.3 is 14.5 Å². The first-order chi connectivity index (χ1) is 18.7. The van der Waals surface area contributed by atoms with Crippen LogP contribution in [-0.2, 0) is 6.18 Å². The highest BCUT2D eigenvalue weighted by molar-refractivity contribution is 5.96. The van der Waals surface area contributed by atoms with Crippen molar-refractivity contribution in [1.82, 2.24) is 20.0 Å². The number of para-hydroxylation sites is 1. The molecule has 1 spiro atoms. The molecule has 2 saturated heterocycles. The topological polar surface area (TPSA) is 78.5 Å². The third-order valence-corrected chi connectivity index (χ3v) is 7.08. The number of likely N-dealkylation sites (tertiary alicyclic amines) is 2. The van der Waals surface area contributed by atoms with E-state index in [2.05, 4.69) is 10.2 Å². The Hall–Kier alpha value is -4.60. The van der Waals surface area contributed by atoms with Crippen LogP contribution in [0.15, 0.2) is 84.9 Å². The number of ether oxygens (including phenoxy) is 1. The zero-order chi connectivity index (χ0) is 27.2. The summed E-state index contributed by atoms with van der Waals surface area (Å²) in [5.74, 6) is 1.07. The molecule has 0 unspecified atom stereocenters. The molecule has 1 N–H and O–H groups in total. The molecular weight excluding hydrogens is 509 g/mol. The van der Waals surface area contributed by atoms with Crippen molar-refractivity contribution in [3.05, 3.63) is 102 Å². The van der Waals surface area contributed by atoms with Gasteiger partial charge in [0, 0.05) is 42.7 Å². The highest BCUT2D eigenvalue weighted by Gasteiger charge is 2.54. The lowest BCUT2D eigenvalue weighted by Gasteiger charge is -2.60. The molecular formula is C29H23F3N4O3. The summed E-state index contributed by atoms with van der Waals surface area (Å²) >= 11 is 0. The van der Waals surface area contributed by atoms with Crippen molar-refractivity contribution < 1.29 is 27.5 Å². The summed E-state index contributed by atoms with van der Waals surface area (Å²) in [5, 5.41) is 6.78. The zero-order valence-corrected chi connectivity index (χ0v) is 20.6. The highest BCUT2D eigenvalue weighted by atomic mass is 19.4. The van der Waals surface area contributed by atoms with Crippen molar-refractivity contribution in [2.24, 2.45) is 5.41 Å². The van der Waals surface area contributed by atoms with E-state index in [9.17, 15) is 22.8 Å². The molecule has 2 aliphatic rings. The lowest BCUT2D eigenvalue weighted by atomic mass is 9.72. The number of nitrogens with zero attached hydrogens (tertiary/aromatic N) is 3. The lowest BCUT2D eigenvalue weighted by Crippen LogP contribution is -2.73. The summed E-state index contributed by atoms with van der Waals surface area (Å²) in [6, 6.07) is 22.6. The van der Waals surface area contributed by atoms with E-state index >= 15 is 0 Å². The molecule has 4 aromatic rings. The van der Waals surface area contributed by atoms with E-state index in [-0.39, 0.29) is 22.9 Å². The normalized spacial score (nSPS) is 16.0. The zero-order valence-electron chi connectivity index (χ0n) is 20.6. The molecule has 3 heterocycles. The fourth-order valence-corrected chi connectivity index (χ4v) is 5.07. The van der Waals surface area contributed by atoms with Crippen LogP contribution in [0.1, 0.15) is 26.4 Å². The Morgan fingerprint density at radius 2 is 1.38 bits per heavy atom. The fourth-order valence-electron chi connectivity index (χ4n) is 5.07. The Bertz CT molecular complexity index is 1500. The van der Waals surface area contributed by atoms with Gasteiger partial charge in [-0.25, -0.2) is 0 Å². The number of hydrogen-bond acceptors (Lipinski definition) is 4. The second-order valence-corrected chi connectivity index (χ2v) is 10.0. The molecule has 1 aromatic heterocycles. The number of benzene rings is 3. The van der Waals surface area contributed by atoms with Gasteiger partial charge in [0.25, 0.3) is 11.8 Å². The van der Waals surface area contributed by atoms with E-state index in [0.29, 0.717) is 48.7 Å². The van der Waals surface area contributed by atoms with Crippen LogP contribution in [0, 0.1) is 5.41 Å². The van der Waals surface area contributed by atoms with Crippen LogP contribution >= 0.6 is 0 Å². The molecule has 2 amide bonds. The number of hydrogen-bond donors (Lipinski definition) is 1.